The number of likely N-dealkylation sites (tertiary alicyclic amines) is 1. The molecule has 0 N–H and O–H groups in total. The third kappa shape index (κ3) is 2.85. The van der Waals surface area contributed by atoms with E-state index in [1.807, 2.05) is 46.0 Å². The first-order valence-electron chi connectivity index (χ1n) is 9.67. The van der Waals surface area contributed by atoms with Gasteiger partial charge in [0.15, 0.2) is 0 Å². The van der Waals surface area contributed by atoms with Crippen LogP contribution >= 0.6 is 0 Å². The summed E-state index contributed by atoms with van der Waals surface area (Å²) >= 11 is 0. The molecule has 0 saturated carbocycles. The lowest BCUT2D eigenvalue weighted by atomic mass is 10.2. The van der Waals surface area contributed by atoms with Crippen molar-refractivity contribution in [2.24, 2.45) is 0 Å². The highest BCUT2D eigenvalue weighted by Gasteiger charge is 2.31. The summed E-state index contributed by atoms with van der Waals surface area (Å²) in [5.41, 5.74) is 3.79. The van der Waals surface area contributed by atoms with Crippen LogP contribution in [0.3, 0.4) is 0 Å². The van der Waals surface area contributed by atoms with E-state index in [0.29, 0.717) is 12.1 Å². The molecule has 1 aliphatic carbocycles. The van der Waals surface area contributed by atoms with Crippen LogP contribution in [-0.4, -0.2) is 37.6 Å². The number of fused-ring (bicyclic) bond motifs is 2. The lowest BCUT2D eigenvalue weighted by Crippen LogP contribution is -2.40. The highest BCUT2D eigenvalue weighted by atomic mass is 16.2. The SMILES string of the molecule is O=C(c1cc2ccccn2c1)N1CCCC1Cn1nc2c(cc1=O)CCC2. The van der Waals surface area contributed by atoms with Gasteiger partial charge < -0.3 is 9.30 Å². The number of carbonyl (C=O) groups excluding carboxylic acids is 1. The molecule has 2 aliphatic rings. The maximum Gasteiger partial charge on any atom is 0.267 e. The predicted octanol–water partition coefficient (Wildman–Crippen LogP) is 2.29. The van der Waals surface area contributed by atoms with Crippen LogP contribution in [0, 0.1) is 0 Å². The fourth-order valence-electron chi connectivity index (χ4n) is 4.40. The van der Waals surface area contributed by atoms with E-state index in [-0.39, 0.29) is 17.5 Å². The molecule has 3 aromatic heterocycles. The second-order valence-electron chi connectivity index (χ2n) is 7.55. The Labute approximate surface area is 157 Å². The fourth-order valence-corrected chi connectivity index (χ4v) is 4.40. The summed E-state index contributed by atoms with van der Waals surface area (Å²) < 4.78 is 3.53. The van der Waals surface area contributed by atoms with Gasteiger partial charge in [-0.05, 0) is 55.9 Å². The lowest BCUT2D eigenvalue weighted by molar-refractivity contribution is 0.0720. The molecule has 5 rings (SSSR count). The van der Waals surface area contributed by atoms with Gasteiger partial charge in [0.05, 0.1) is 23.8 Å². The maximum atomic E-state index is 13.1. The van der Waals surface area contributed by atoms with E-state index in [1.54, 1.807) is 10.7 Å². The fraction of sp³-hybridized carbons (Fsp3) is 0.381. The van der Waals surface area contributed by atoms with E-state index in [0.717, 1.165) is 55.4 Å². The van der Waals surface area contributed by atoms with Crippen molar-refractivity contribution in [3.8, 4) is 0 Å². The Morgan fingerprint density at radius 3 is 3.00 bits per heavy atom. The van der Waals surface area contributed by atoms with E-state index < -0.39 is 0 Å². The van der Waals surface area contributed by atoms with Crippen molar-refractivity contribution >= 4 is 11.4 Å². The number of aromatic nitrogens is 3. The minimum absolute atomic E-state index is 0.0187. The van der Waals surface area contributed by atoms with Gasteiger partial charge in [0.2, 0.25) is 0 Å². The minimum atomic E-state index is -0.0513. The average Bonchev–Trinajstić information content (AvgIpc) is 3.40. The largest absolute Gasteiger partial charge is 0.334 e. The van der Waals surface area contributed by atoms with E-state index in [2.05, 4.69) is 5.10 Å². The lowest BCUT2D eigenvalue weighted by Gasteiger charge is -2.24. The van der Waals surface area contributed by atoms with Crippen molar-refractivity contribution in [3.63, 3.8) is 0 Å². The summed E-state index contributed by atoms with van der Waals surface area (Å²) in [5.74, 6) is 0.0374. The topological polar surface area (TPSA) is 59.6 Å². The minimum Gasteiger partial charge on any atom is -0.334 e. The Morgan fingerprint density at radius 2 is 2.11 bits per heavy atom. The van der Waals surface area contributed by atoms with Crippen LogP contribution < -0.4 is 5.56 Å². The summed E-state index contributed by atoms with van der Waals surface area (Å²) in [6, 6.07) is 9.59. The van der Waals surface area contributed by atoms with Gasteiger partial charge in [-0.1, -0.05) is 6.07 Å². The molecule has 6 nitrogen and oxygen atoms in total. The Hall–Kier alpha value is -2.89. The van der Waals surface area contributed by atoms with Crippen LogP contribution in [0.2, 0.25) is 0 Å². The smallest absolute Gasteiger partial charge is 0.267 e. The van der Waals surface area contributed by atoms with Crippen LogP contribution in [0.15, 0.2) is 47.5 Å². The second-order valence-corrected chi connectivity index (χ2v) is 7.55. The second kappa shape index (κ2) is 6.37. The van der Waals surface area contributed by atoms with Crippen molar-refractivity contribution in [2.75, 3.05) is 6.54 Å². The number of pyridine rings is 1. The van der Waals surface area contributed by atoms with Crippen molar-refractivity contribution in [1.29, 1.82) is 0 Å². The first kappa shape index (κ1) is 16.3. The first-order valence-corrected chi connectivity index (χ1v) is 9.67. The molecule has 6 heteroatoms. The number of rotatable bonds is 3. The Bertz CT molecular complexity index is 1050. The van der Waals surface area contributed by atoms with Crippen molar-refractivity contribution in [1.82, 2.24) is 19.1 Å². The standard InChI is InChI=1S/C21H22N4O2/c26-20-12-15-5-3-8-19(15)22-25(20)14-18-7-4-10-24(18)21(27)16-11-17-6-1-2-9-23(17)13-16/h1-2,6,9,11-13,18H,3-5,7-8,10,14H2. The number of nitrogens with zero attached hydrogens (tertiary/aromatic N) is 4. The Morgan fingerprint density at radius 1 is 1.19 bits per heavy atom. The van der Waals surface area contributed by atoms with E-state index in [9.17, 15) is 9.59 Å². The normalized spacial score (nSPS) is 19.0. The molecule has 1 aliphatic heterocycles. The van der Waals surface area contributed by atoms with Crippen LogP contribution in [0.5, 0.6) is 0 Å². The Balaban J connectivity index is 1.40. The van der Waals surface area contributed by atoms with Crippen molar-refractivity contribution in [2.45, 2.75) is 44.7 Å². The zero-order valence-electron chi connectivity index (χ0n) is 15.2. The summed E-state index contributed by atoms with van der Waals surface area (Å²) in [5, 5.41) is 4.58. The number of amides is 1. The molecule has 1 saturated heterocycles. The molecule has 27 heavy (non-hydrogen) atoms. The summed E-state index contributed by atoms with van der Waals surface area (Å²) in [6.45, 7) is 1.21. The molecule has 4 heterocycles. The predicted molar refractivity (Wildman–Crippen MR) is 102 cm³/mol. The molecular weight excluding hydrogens is 340 g/mol. The molecule has 0 bridgehead atoms. The van der Waals surface area contributed by atoms with Crippen molar-refractivity contribution < 1.29 is 4.79 Å². The summed E-state index contributed by atoms with van der Waals surface area (Å²) in [4.78, 5) is 27.4. The average molecular weight is 362 g/mol. The van der Waals surface area contributed by atoms with Gasteiger partial charge in [-0.15, -0.1) is 0 Å². The van der Waals surface area contributed by atoms with Crippen LogP contribution in [0.25, 0.3) is 5.52 Å². The number of hydrogen-bond acceptors (Lipinski definition) is 3. The molecular formula is C21H22N4O2. The summed E-state index contributed by atoms with van der Waals surface area (Å²) in [7, 11) is 0. The van der Waals surface area contributed by atoms with Crippen LogP contribution in [-0.2, 0) is 19.4 Å². The molecule has 3 aromatic rings. The monoisotopic (exact) mass is 362 g/mol. The van der Waals surface area contributed by atoms with E-state index in [1.165, 1.54) is 0 Å². The van der Waals surface area contributed by atoms with Gasteiger partial charge in [-0.2, -0.15) is 5.10 Å². The van der Waals surface area contributed by atoms with E-state index in [4.69, 9.17) is 0 Å². The summed E-state index contributed by atoms with van der Waals surface area (Å²) in [6.07, 6.45) is 8.67. The quantitative estimate of drug-likeness (QED) is 0.718. The van der Waals surface area contributed by atoms with Gasteiger partial charge in [-0.3, -0.25) is 9.59 Å². The molecule has 1 atom stereocenters. The number of hydrogen-bond donors (Lipinski definition) is 0. The van der Waals surface area contributed by atoms with E-state index >= 15 is 0 Å². The van der Waals surface area contributed by atoms with Gasteiger partial charge in [0.25, 0.3) is 11.5 Å². The maximum absolute atomic E-state index is 13.1. The zero-order valence-corrected chi connectivity index (χ0v) is 15.2. The highest BCUT2D eigenvalue weighted by Crippen LogP contribution is 2.23. The Kier molecular flexibility index (Phi) is 3.85. The number of aryl methyl sites for hydroxylation is 2. The van der Waals surface area contributed by atoms with Crippen LogP contribution in [0.1, 0.15) is 40.9 Å². The highest BCUT2D eigenvalue weighted by molar-refractivity contribution is 5.96. The molecule has 0 radical (unpaired) electrons. The molecule has 1 amide bonds. The van der Waals surface area contributed by atoms with Crippen molar-refractivity contribution in [3.05, 3.63) is 69.9 Å². The van der Waals surface area contributed by atoms with Gasteiger partial charge >= 0.3 is 0 Å². The third-order valence-corrected chi connectivity index (χ3v) is 5.80. The van der Waals surface area contributed by atoms with Gasteiger partial charge in [0, 0.05) is 30.5 Å². The molecule has 0 aromatic carbocycles. The molecule has 0 spiro atoms. The first-order chi connectivity index (χ1) is 13.2. The van der Waals surface area contributed by atoms with Gasteiger partial charge in [-0.25, -0.2) is 4.68 Å². The third-order valence-electron chi connectivity index (χ3n) is 5.80. The molecule has 138 valence electrons. The zero-order chi connectivity index (χ0) is 18.4. The molecule has 1 fully saturated rings. The number of carbonyl (C=O) groups is 1. The van der Waals surface area contributed by atoms with Crippen LogP contribution in [0.4, 0.5) is 0 Å². The van der Waals surface area contributed by atoms with Gasteiger partial charge in [0.1, 0.15) is 0 Å². The molecule has 1 unspecified atom stereocenters.